The van der Waals surface area contributed by atoms with Gasteiger partial charge < -0.3 is 5.11 Å². The third-order valence-corrected chi connectivity index (χ3v) is 2.66. The normalized spacial score (nSPS) is 12.9. The molecule has 2 heteroatoms. The van der Waals surface area contributed by atoms with Crippen molar-refractivity contribution in [2.45, 2.75) is 39.2 Å². The van der Waals surface area contributed by atoms with Crippen molar-refractivity contribution in [1.29, 1.82) is 0 Å². The molecule has 0 aliphatic heterocycles. The highest BCUT2D eigenvalue weighted by Crippen LogP contribution is 2.24. The molecule has 0 fully saturated rings. The van der Waals surface area contributed by atoms with E-state index in [2.05, 4.69) is 6.92 Å². The number of aliphatic hydroxyl groups is 1. The lowest BCUT2D eigenvalue weighted by Gasteiger charge is -2.13. The third kappa shape index (κ3) is 3.00. The molecule has 0 amide bonds. The van der Waals surface area contributed by atoms with E-state index in [1.54, 1.807) is 0 Å². The molecule has 1 nitrogen and oxygen atoms in total. The molecule has 0 aromatic heterocycles. The van der Waals surface area contributed by atoms with E-state index in [-0.39, 0.29) is 6.10 Å². The highest BCUT2D eigenvalue weighted by molar-refractivity contribution is 6.30. The van der Waals surface area contributed by atoms with Crippen molar-refractivity contribution in [1.82, 2.24) is 0 Å². The first-order chi connectivity index (χ1) is 6.65. The summed E-state index contributed by atoms with van der Waals surface area (Å²) in [5.41, 5.74) is 2.07. The Hall–Kier alpha value is -0.530. The molecule has 0 aliphatic rings. The van der Waals surface area contributed by atoms with Crippen LogP contribution in [0.4, 0.5) is 0 Å². The van der Waals surface area contributed by atoms with Crippen LogP contribution < -0.4 is 0 Å². The van der Waals surface area contributed by atoms with Gasteiger partial charge in [-0.15, -0.1) is 0 Å². The highest BCUT2D eigenvalue weighted by atomic mass is 35.5. The smallest absolute Gasteiger partial charge is 0.0792 e. The molecule has 1 aromatic carbocycles. The number of halogens is 1. The Morgan fingerprint density at radius 3 is 2.71 bits per heavy atom. The van der Waals surface area contributed by atoms with Crippen LogP contribution in [-0.2, 0) is 0 Å². The minimum atomic E-state index is -0.341. The van der Waals surface area contributed by atoms with Gasteiger partial charge in [0, 0.05) is 5.02 Å². The Kier molecular flexibility index (Phi) is 4.43. The van der Waals surface area contributed by atoms with E-state index in [4.69, 9.17) is 11.6 Å². The minimum absolute atomic E-state index is 0.341. The van der Waals surface area contributed by atoms with E-state index >= 15 is 0 Å². The summed E-state index contributed by atoms with van der Waals surface area (Å²) in [6.07, 6.45) is 2.67. The monoisotopic (exact) mass is 212 g/mol. The lowest BCUT2D eigenvalue weighted by atomic mass is 9.99. The second kappa shape index (κ2) is 5.38. The molecule has 0 heterocycles. The van der Waals surface area contributed by atoms with Crippen LogP contribution in [0, 0.1) is 6.92 Å². The van der Waals surface area contributed by atoms with Crippen LogP contribution in [0.2, 0.25) is 5.02 Å². The SMILES string of the molecule is CCCCC(O)c1ccc(Cl)cc1C. The summed E-state index contributed by atoms with van der Waals surface area (Å²) < 4.78 is 0. The highest BCUT2D eigenvalue weighted by Gasteiger charge is 2.09. The summed E-state index contributed by atoms with van der Waals surface area (Å²) in [7, 11) is 0. The van der Waals surface area contributed by atoms with Crippen molar-refractivity contribution in [2.24, 2.45) is 0 Å². The summed E-state index contributed by atoms with van der Waals surface area (Å²) in [4.78, 5) is 0. The van der Waals surface area contributed by atoms with Gasteiger partial charge in [0.25, 0.3) is 0 Å². The molecule has 0 saturated heterocycles. The predicted octanol–water partition coefficient (Wildman–Crippen LogP) is 3.87. The predicted molar refractivity (Wildman–Crippen MR) is 60.7 cm³/mol. The van der Waals surface area contributed by atoms with Gasteiger partial charge >= 0.3 is 0 Å². The Bertz CT molecular complexity index is 296. The number of aliphatic hydroxyl groups excluding tert-OH is 1. The molecule has 1 aromatic rings. The summed E-state index contributed by atoms with van der Waals surface area (Å²) in [6.45, 7) is 4.11. The number of hydrogen-bond donors (Lipinski definition) is 1. The van der Waals surface area contributed by atoms with Crippen molar-refractivity contribution >= 4 is 11.6 Å². The van der Waals surface area contributed by atoms with E-state index in [0.717, 1.165) is 35.4 Å². The molecular formula is C12H17ClO. The van der Waals surface area contributed by atoms with Gasteiger partial charge in [0.15, 0.2) is 0 Å². The van der Waals surface area contributed by atoms with Crippen LogP contribution in [0.25, 0.3) is 0 Å². The molecule has 1 N–H and O–H groups in total. The number of benzene rings is 1. The second-order valence-electron chi connectivity index (χ2n) is 3.66. The zero-order valence-corrected chi connectivity index (χ0v) is 9.51. The van der Waals surface area contributed by atoms with E-state index in [0.29, 0.717) is 0 Å². The number of unbranched alkanes of at least 4 members (excludes halogenated alkanes) is 1. The molecule has 1 rings (SSSR count). The quantitative estimate of drug-likeness (QED) is 0.804. The van der Waals surface area contributed by atoms with Crippen LogP contribution in [0.1, 0.15) is 43.4 Å². The summed E-state index contributed by atoms with van der Waals surface area (Å²) in [6, 6.07) is 5.64. The lowest BCUT2D eigenvalue weighted by molar-refractivity contribution is 0.163. The van der Waals surface area contributed by atoms with Crippen LogP contribution in [-0.4, -0.2) is 5.11 Å². The molecule has 1 unspecified atom stereocenters. The molecule has 0 saturated carbocycles. The van der Waals surface area contributed by atoms with Gasteiger partial charge in [-0.25, -0.2) is 0 Å². The maximum atomic E-state index is 9.88. The van der Waals surface area contributed by atoms with Gasteiger partial charge in [-0.1, -0.05) is 37.4 Å². The van der Waals surface area contributed by atoms with E-state index in [1.165, 1.54) is 0 Å². The van der Waals surface area contributed by atoms with Crippen molar-refractivity contribution in [2.75, 3.05) is 0 Å². The molecule has 78 valence electrons. The Morgan fingerprint density at radius 1 is 1.43 bits per heavy atom. The average molecular weight is 213 g/mol. The maximum Gasteiger partial charge on any atom is 0.0792 e. The largest absolute Gasteiger partial charge is 0.388 e. The summed E-state index contributed by atoms with van der Waals surface area (Å²) in [5, 5.41) is 10.6. The van der Waals surface area contributed by atoms with Gasteiger partial charge in [-0.2, -0.15) is 0 Å². The Balaban J connectivity index is 2.74. The zero-order valence-electron chi connectivity index (χ0n) is 8.76. The van der Waals surface area contributed by atoms with E-state index in [9.17, 15) is 5.11 Å². The van der Waals surface area contributed by atoms with Gasteiger partial charge in [-0.3, -0.25) is 0 Å². The lowest BCUT2D eigenvalue weighted by Crippen LogP contribution is -1.99. The van der Waals surface area contributed by atoms with Crippen LogP contribution in [0.5, 0.6) is 0 Å². The molecule has 0 spiro atoms. The first-order valence-electron chi connectivity index (χ1n) is 5.09. The first kappa shape index (κ1) is 11.5. The number of hydrogen-bond acceptors (Lipinski definition) is 1. The second-order valence-corrected chi connectivity index (χ2v) is 4.10. The average Bonchev–Trinajstić information content (AvgIpc) is 2.14. The fraction of sp³-hybridized carbons (Fsp3) is 0.500. The molecule has 0 aliphatic carbocycles. The summed E-state index contributed by atoms with van der Waals surface area (Å²) in [5.74, 6) is 0. The van der Waals surface area contributed by atoms with Crippen molar-refractivity contribution in [3.63, 3.8) is 0 Å². The maximum absolute atomic E-state index is 9.88. The van der Waals surface area contributed by atoms with Gasteiger partial charge in [-0.05, 0) is 36.6 Å². The third-order valence-electron chi connectivity index (χ3n) is 2.42. The van der Waals surface area contributed by atoms with Crippen LogP contribution in [0.15, 0.2) is 18.2 Å². The molecule has 14 heavy (non-hydrogen) atoms. The van der Waals surface area contributed by atoms with Gasteiger partial charge in [0.2, 0.25) is 0 Å². The molecule has 0 bridgehead atoms. The molecule has 1 atom stereocenters. The Morgan fingerprint density at radius 2 is 2.14 bits per heavy atom. The zero-order chi connectivity index (χ0) is 10.6. The van der Waals surface area contributed by atoms with Crippen LogP contribution >= 0.6 is 11.6 Å². The molecular weight excluding hydrogens is 196 g/mol. The Labute approximate surface area is 90.7 Å². The standard InChI is InChI=1S/C12H17ClO/c1-3-4-5-12(14)11-7-6-10(13)8-9(11)2/h6-8,12,14H,3-5H2,1-2H3. The minimum Gasteiger partial charge on any atom is -0.388 e. The van der Waals surface area contributed by atoms with Gasteiger partial charge in [0.1, 0.15) is 0 Å². The summed E-state index contributed by atoms with van der Waals surface area (Å²) >= 11 is 5.84. The van der Waals surface area contributed by atoms with Crippen molar-refractivity contribution in [3.05, 3.63) is 34.3 Å². The van der Waals surface area contributed by atoms with E-state index in [1.807, 2.05) is 25.1 Å². The fourth-order valence-corrected chi connectivity index (χ4v) is 1.79. The number of rotatable bonds is 4. The van der Waals surface area contributed by atoms with Gasteiger partial charge in [0.05, 0.1) is 6.10 Å². The first-order valence-corrected chi connectivity index (χ1v) is 5.47. The number of aryl methyl sites for hydroxylation is 1. The topological polar surface area (TPSA) is 20.2 Å². The van der Waals surface area contributed by atoms with Crippen molar-refractivity contribution in [3.8, 4) is 0 Å². The van der Waals surface area contributed by atoms with Crippen LogP contribution in [0.3, 0.4) is 0 Å². The fourth-order valence-electron chi connectivity index (χ4n) is 1.57. The van der Waals surface area contributed by atoms with Crippen molar-refractivity contribution < 1.29 is 5.11 Å². The molecule has 0 radical (unpaired) electrons. The van der Waals surface area contributed by atoms with E-state index < -0.39 is 0 Å².